The fraction of sp³-hybridized carbons (Fsp3) is 0.167. The van der Waals surface area contributed by atoms with Crippen LogP contribution in [-0.4, -0.2) is 38.9 Å². The van der Waals surface area contributed by atoms with Crippen LogP contribution in [0.5, 0.6) is 0 Å². The maximum absolute atomic E-state index is 11.4. The second-order valence-corrected chi connectivity index (χ2v) is 10.5. The first kappa shape index (κ1) is 24.5. The van der Waals surface area contributed by atoms with Crippen molar-refractivity contribution in [3.63, 3.8) is 0 Å². The predicted octanol–water partition coefficient (Wildman–Crippen LogP) is 6.62. The topological polar surface area (TPSA) is 120 Å². The van der Waals surface area contributed by atoms with Crippen LogP contribution in [0.25, 0.3) is 44.3 Å². The molecule has 0 atom stereocenters. The summed E-state index contributed by atoms with van der Waals surface area (Å²) < 4.78 is 6.04. The van der Waals surface area contributed by atoms with Gasteiger partial charge in [-0.1, -0.05) is 30.3 Å². The number of nitriles is 1. The number of nitrogens with zero attached hydrogens (tertiary/aromatic N) is 4. The standard InChI is InChI=1S/C30H22N4O4S/c1-16-20(5-3-7-22(16)28-32-25-12-18(15-35)11-19(13-31)27(25)38-28)21-6-4-8-23(17(21)2)29-33-24-9-10-34(30(36)37)14-26(24)39-29/h3-8,11-12,15H,9-10,14H2,1-2H3,(H,36,37). The molecule has 0 radical (unpaired) electrons. The van der Waals surface area contributed by atoms with Crippen molar-refractivity contribution in [2.24, 2.45) is 0 Å². The molecule has 3 aromatic carbocycles. The summed E-state index contributed by atoms with van der Waals surface area (Å²) >= 11 is 1.55. The lowest BCUT2D eigenvalue weighted by atomic mass is 9.91. The molecule has 0 fully saturated rings. The maximum Gasteiger partial charge on any atom is 0.407 e. The van der Waals surface area contributed by atoms with Gasteiger partial charge in [0, 0.05) is 34.5 Å². The summed E-state index contributed by atoms with van der Waals surface area (Å²) in [4.78, 5) is 34.7. The van der Waals surface area contributed by atoms with E-state index in [0.29, 0.717) is 48.4 Å². The molecule has 1 amide bonds. The zero-order valence-corrected chi connectivity index (χ0v) is 22.0. The second kappa shape index (κ2) is 9.49. The van der Waals surface area contributed by atoms with Gasteiger partial charge in [-0.25, -0.2) is 14.8 Å². The number of amides is 1. The van der Waals surface area contributed by atoms with E-state index in [4.69, 9.17) is 9.40 Å². The van der Waals surface area contributed by atoms with E-state index in [0.717, 1.165) is 49.0 Å². The minimum Gasteiger partial charge on any atom is -0.465 e. The van der Waals surface area contributed by atoms with Crippen LogP contribution < -0.4 is 0 Å². The predicted molar refractivity (Wildman–Crippen MR) is 148 cm³/mol. The van der Waals surface area contributed by atoms with Crippen LogP contribution in [0.2, 0.25) is 0 Å². The Morgan fingerprint density at radius 3 is 2.46 bits per heavy atom. The number of carboxylic acid groups (broad SMARTS) is 1. The number of carbonyl (C=O) groups excluding carboxylic acids is 1. The van der Waals surface area contributed by atoms with Crippen LogP contribution in [0.1, 0.15) is 37.6 Å². The van der Waals surface area contributed by atoms with Crippen molar-refractivity contribution in [1.29, 1.82) is 5.26 Å². The molecular formula is C30H22N4O4S. The van der Waals surface area contributed by atoms with Gasteiger partial charge in [-0.3, -0.25) is 4.79 Å². The quantitative estimate of drug-likeness (QED) is 0.257. The minimum absolute atomic E-state index is 0.267. The van der Waals surface area contributed by atoms with Crippen LogP contribution in [0, 0.1) is 25.2 Å². The van der Waals surface area contributed by atoms with Gasteiger partial charge in [0.15, 0.2) is 5.58 Å². The van der Waals surface area contributed by atoms with Crippen molar-refractivity contribution in [3.05, 3.63) is 81.4 Å². The van der Waals surface area contributed by atoms with Crippen molar-refractivity contribution in [2.45, 2.75) is 26.8 Å². The monoisotopic (exact) mass is 534 g/mol. The highest BCUT2D eigenvalue weighted by atomic mass is 32.1. The van der Waals surface area contributed by atoms with Crippen molar-refractivity contribution >= 4 is 34.8 Å². The largest absolute Gasteiger partial charge is 0.465 e. The molecule has 1 aliphatic heterocycles. The summed E-state index contributed by atoms with van der Waals surface area (Å²) in [6, 6.07) is 17.3. The summed E-state index contributed by atoms with van der Waals surface area (Å²) in [7, 11) is 0. The third kappa shape index (κ3) is 4.15. The lowest BCUT2D eigenvalue weighted by Crippen LogP contribution is -2.34. The van der Waals surface area contributed by atoms with Crippen molar-refractivity contribution < 1.29 is 19.1 Å². The van der Waals surface area contributed by atoms with E-state index in [1.807, 2.05) is 31.2 Å². The molecule has 2 aromatic heterocycles. The molecule has 39 heavy (non-hydrogen) atoms. The van der Waals surface area contributed by atoms with E-state index in [-0.39, 0.29) is 5.56 Å². The molecule has 5 aromatic rings. The average molecular weight is 535 g/mol. The highest BCUT2D eigenvalue weighted by Gasteiger charge is 2.25. The summed E-state index contributed by atoms with van der Waals surface area (Å²) in [6.07, 6.45) is 0.401. The lowest BCUT2D eigenvalue weighted by molar-refractivity contribution is 0.112. The first-order valence-electron chi connectivity index (χ1n) is 12.3. The number of hydrogen-bond donors (Lipinski definition) is 1. The third-order valence-electron chi connectivity index (χ3n) is 7.19. The maximum atomic E-state index is 11.4. The minimum atomic E-state index is -0.906. The summed E-state index contributed by atoms with van der Waals surface area (Å²) in [5.74, 6) is 0.383. The Kier molecular flexibility index (Phi) is 5.97. The van der Waals surface area contributed by atoms with Crippen LogP contribution in [0.15, 0.2) is 52.9 Å². The fourth-order valence-corrected chi connectivity index (χ4v) is 6.32. The Bertz CT molecular complexity index is 1850. The molecule has 1 N–H and O–H groups in total. The first-order valence-corrected chi connectivity index (χ1v) is 13.2. The molecule has 0 saturated heterocycles. The third-order valence-corrected chi connectivity index (χ3v) is 8.30. The number of rotatable bonds is 4. The molecule has 1 aliphatic rings. The molecule has 6 rings (SSSR count). The van der Waals surface area contributed by atoms with Crippen molar-refractivity contribution in [2.75, 3.05) is 6.54 Å². The lowest BCUT2D eigenvalue weighted by Gasteiger charge is -2.22. The summed E-state index contributed by atoms with van der Waals surface area (Å²) in [5.41, 5.74) is 8.34. The van der Waals surface area contributed by atoms with Gasteiger partial charge in [0.05, 0.1) is 17.8 Å². The van der Waals surface area contributed by atoms with Gasteiger partial charge in [-0.2, -0.15) is 5.26 Å². The SMILES string of the molecule is Cc1c(-c2nc3cc(C=O)cc(C#N)c3o2)cccc1-c1cccc(-c2nc3c(s2)CN(C(=O)O)CC3)c1C. The molecule has 9 heteroatoms. The summed E-state index contributed by atoms with van der Waals surface area (Å²) in [5, 5.41) is 19.8. The average Bonchev–Trinajstić information content (AvgIpc) is 3.56. The molecule has 0 unspecified atom stereocenters. The smallest absolute Gasteiger partial charge is 0.407 e. The molecule has 0 bridgehead atoms. The summed E-state index contributed by atoms with van der Waals surface area (Å²) in [6.45, 7) is 4.91. The van der Waals surface area contributed by atoms with Crippen molar-refractivity contribution in [3.8, 4) is 39.2 Å². The van der Waals surface area contributed by atoms with Gasteiger partial charge in [-0.05, 0) is 54.3 Å². The van der Waals surface area contributed by atoms with E-state index < -0.39 is 6.09 Å². The van der Waals surface area contributed by atoms with Crippen LogP contribution in [0.3, 0.4) is 0 Å². The van der Waals surface area contributed by atoms with Crippen molar-refractivity contribution in [1.82, 2.24) is 14.9 Å². The Morgan fingerprint density at radius 1 is 1.08 bits per heavy atom. The number of thiazole rings is 1. The van der Waals surface area contributed by atoms with E-state index in [9.17, 15) is 20.0 Å². The fourth-order valence-electron chi connectivity index (χ4n) is 5.11. The van der Waals surface area contributed by atoms with Gasteiger partial charge in [0.2, 0.25) is 5.89 Å². The van der Waals surface area contributed by atoms with E-state index in [2.05, 4.69) is 30.1 Å². The molecule has 0 saturated carbocycles. The number of aldehydes is 1. The molecule has 3 heterocycles. The van der Waals surface area contributed by atoms with Gasteiger partial charge in [-0.15, -0.1) is 11.3 Å². The first-order chi connectivity index (χ1) is 18.9. The second-order valence-electron chi connectivity index (χ2n) is 9.46. The Labute approximate surface area is 227 Å². The van der Waals surface area contributed by atoms with Crippen LogP contribution in [0.4, 0.5) is 4.79 Å². The van der Waals surface area contributed by atoms with Crippen LogP contribution in [-0.2, 0) is 13.0 Å². The number of benzene rings is 3. The van der Waals surface area contributed by atoms with E-state index >= 15 is 0 Å². The molecule has 192 valence electrons. The highest BCUT2D eigenvalue weighted by molar-refractivity contribution is 7.15. The Hall–Kier alpha value is -4.81. The Balaban J connectivity index is 1.42. The zero-order valence-electron chi connectivity index (χ0n) is 21.2. The number of hydrogen-bond acceptors (Lipinski definition) is 7. The highest BCUT2D eigenvalue weighted by Crippen LogP contribution is 2.39. The molecule has 0 spiro atoms. The van der Waals surface area contributed by atoms with Gasteiger partial charge in [0.25, 0.3) is 0 Å². The van der Waals surface area contributed by atoms with E-state index in [1.165, 1.54) is 11.0 Å². The van der Waals surface area contributed by atoms with Gasteiger partial charge < -0.3 is 14.4 Å². The molecule has 8 nitrogen and oxygen atoms in total. The molecular weight excluding hydrogens is 512 g/mol. The number of carbonyl (C=O) groups is 2. The number of oxazole rings is 1. The number of aromatic nitrogens is 2. The van der Waals surface area contributed by atoms with Gasteiger partial charge >= 0.3 is 6.09 Å². The van der Waals surface area contributed by atoms with Gasteiger partial charge in [0.1, 0.15) is 22.9 Å². The van der Waals surface area contributed by atoms with E-state index in [1.54, 1.807) is 17.4 Å². The number of fused-ring (bicyclic) bond motifs is 2. The van der Waals surface area contributed by atoms with Crippen LogP contribution >= 0.6 is 11.3 Å². The Morgan fingerprint density at radius 2 is 1.77 bits per heavy atom. The zero-order chi connectivity index (χ0) is 27.3. The normalized spacial score (nSPS) is 12.8. The molecule has 0 aliphatic carbocycles.